The van der Waals surface area contributed by atoms with Gasteiger partial charge < -0.3 is 4.90 Å². The molecule has 11 aromatic rings. The van der Waals surface area contributed by atoms with Crippen molar-refractivity contribution in [2.24, 2.45) is 0 Å². The van der Waals surface area contributed by atoms with Gasteiger partial charge >= 0.3 is 0 Å². The van der Waals surface area contributed by atoms with Gasteiger partial charge in [0.2, 0.25) is 0 Å². The summed E-state index contributed by atoms with van der Waals surface area (Å²) in [6, 6.07) is 65.1. The van der Waals surface area contributed by atoms with E-state index in [1.165, 1.54) is 0 Å². The van der Waals surface area contributed by atoms with Gasteiger partial charge in [-0.1, -0.05) is 195 Å². The van der Waals surface area contributed by atoms with E-state index in [1.807, 2.05) is 114 Å². The first kappa shape index (κ1) is 50.6. The van der Waals surface area contributed by atoms with Crippen LogP contribution in [0.1, 0.15) is 55.6 Å². The molecule has 0 spiro atoms. The van der Waals surface area contributed by atoms with E-state index in [1.54, 1.807) is 109 Å². The van der Waals surface area contributed by atoms with Gasteiger partial charge in [-0.25, -0.2) is 35.1 Å². The molecule has 2 aliphatic rings. The maximum atomic E-state index is 17.1. The van der Waals surface area contributed by atoms with Crippen LogP contribution in [0.5, 0.6) is 0 Å². The van der Waals surface area contributed by atoms with Gasteiger partial charge in [-0.2, -0.15) is 0 Å². The van der Waals surface area contributed by atoms with Crippen molar-refractivity contribution >= 4 is 29.2 Å². The van der Waals surface area contributed by atoms with Crippen molar-refractivity contribution < 1.29 is 35.1 Å². The Morgan fingerprint density at radius 3 is 1.12 bits per heavy atom. The molecule has 1 nitrogen and oxygen atoms in total. The highest BCUT2D eigenvalue weighted by Gasteiger charge is 2.52. The minimum Gasteiger partial charge on any atom is -0.310 e. The van der Waals surface area contributed by atoms with Crippen molar-refractivity contribution in [1.82, 2.24) is 0 Å². The maximum Gasteiger partial charge on any atom is 0.194 e. The first-order valence-corrected chi connectivity index (χ1v) is 26.1. The molecule has 0 radical (unpaired) electrons. The van der Waals surface area contributed by atoms with E-state index in [4.69, 9.17) is 0 Å². The largest absolute Gasteiger partial charge is 0.310 e. The van der Waals surface area contributed by atoms with E-state index in [0.29, 0.717) is 96.0 Å². The fraction of sp³-hybridized carbons (Fsp3) is 0.0278. The molecule has 0 fully saturated rings. The first-order chi connectivity index (χ1) is 39.4. The molecule has 11 aromatic carbocycles. The van der Waals surface area contributed by atoms with E-state index < -0.39 is 68.5 Å². The second kappa shape index (κ2) is 19.5. The smallest absolute Gasteiger partial charge is 0.194 e. The Bertz CT molecular complexity index is 4140. The van der Waals surface area contributed by atoms with Crippen molar-refractivity contribution in [3.8, 4) is 44.5 Å². The standard InChI is InChI=1S/C72H43F8N/c1-3-42-21-27-48(28-22-42)71(65-61(73)40-63(75)67(77)69(65)79)57-19-10-8-17-53(57)55-35-33-51(38-59(55)71)81(50-31-25-45(26-32-50)47-16-12-15-46(37-47)44-13-6-5-7-14-44)52-34-36-56-54-18-9-11-20-58(54)72(60(56)39-52,49-29-23-43(4-2)24-30-49)66-62(74)41-64(76)68(78)70(66)80/h3-41H,1-2H2. The molecule has 0 saturated carbocycles. The molecule has 392 valence electrons. The molecular formula is C72H43F8N. The van der Waals surface area contributed by atoms with Gasteiger partial charge in [0.05, 0.1) is 10.8 Å². The van der Waals surface area contributed by atoms with Crippen LogP contribution in [0.4, 0.5) is 52.2 Å². The van der Waals surface area contributed by atoms with Crippen LogP contribution in [0.2, 0.25) is 0 Å². The number of hydrogen-bond donors (Lipinski definition) is 0. The van der Waals surface area contributed by atoms with E-state index in [-0.39, 0.29) is 0 Å². The number of anilines is 3. The second-order valence-corrected chi connectivity index (χ2v) is 20.2. The van der Waals surface area contributed by atoms with Crippen LogP contribution in [0, 0.1) is 46.5 Å². The summed E-state index contributed by atoms with van der Waals surface area (Å²) in [4.78, 5) is 1.88. The van der Waals surface area contributed by atoms with Gasteiger partial charge in [-0.15, -0.1) is 0 Å². The Kier molecular flexibility index (Phi) is 12.2. The number of halogens is 8. The van der Waals surface area contributed by atoms with Crippen molar-refractivity contribution in [3.05, 3.63) is 340 Å². The van der Waals surface area contributed by atoms with Gasteiger partial charge in [0.1, 0.15) is 11.6 Å². The highest BCUT2D eigenvalue weighted by Crippen LogP contribution is 2.61. The zero-order valence-corrected chi connectivity index (χ0v) is 42.9. The summed E-state index contributed by atoms with van der Waals surface area (Å²) in [5, 5.41) is 0. The van der Waals surface area contributed by atoms with E-state index in [0.717, 1.165) is 22.3 Å². The highest BCUT2D eigenvalue weighted by molar-refractivity contribution is 5.93. The SMILES string of the molecule is C=Cc1ccc(C2(c3c(F)cc(F)c(F)c3F)c3ccccc3-c3ccc(N(c4ccc(-c5cccc(-c6ccccc6)c5)cc4)c4ccc5c(c4)C(c4ccc(C=C)cc4)(c4c(F)cc(F)c(F)c4F)c4ccccc4-5)cc32)cc1. The predicted molar refractivity (Wildman–Crippen MR) is 306 cm³/mol. The third-order valence-electron chi connectivity index (χ3n) is 16.1. The molecule has 0 aromatic heterocycles. The summed E-state index contributed by atoms with van der Waals surface area (Å²) in [6.07, 6.45) is 3.23. The van der Waals surface area contributed by atoms with Crippen LogP contribution >= 0.6 is 0 Å². The molecule has 0 bridgehead atoms. The normalized spacial score (nSPS) is 15.6. The summed E-state index contributed by atoms with van der Waals surface area (Å²) in [5.74, 6) is -13.1. The molecule has 81 heavy (non-hydrogen) atoms. The van der Waals surface area contributed by atoms with Gasteiger partial charge in [0, 0.05) is 40.3 Å². The average molecular weight is 1070 g/mol. The predicted octanol–water partition coefficient (Wildman–Crippen LogP) is 19.6. The molecular weight excluding hydrogens is 1030 g/mol. The molecule has 0 N–H and O–H groups in total. The Balaban J connectivity index is 1.10. The van der Waals surface area contributed by atoms with Gasteiger partial charge in [-0.3, -0.25) is 0 Å². The Labute approximate surface area is 462 Å². The van der Waals surface area contributed by atoms with E-state index in [2.05, 4.69) is 19.2 Å². The van der Waals surface area contributed by atoms with Crippen LogP contribution in [-0.4, -0.2) is 0 Å². The molecule has 9 heteroatoms. The summed E-state index contributed by atoms with van der Waals surface area (Å²) in [5.41, 5.74) is 5.64. The van der Waals surface area contributed by atoms with Crippen molar-refractivity contribution in [2.45, 2.75) is 10.8 Å². The lowest BCUT2D eigenvalue weighted by atomic mass is 9.67. The van der Waals surface area contributed by atoms with Gasteiger partial charge in [-0.05, 0) is 131 Å². The summed E-state index contributed by atoms with van der Waals surface area (Å²) in [7, 11) is 0. The second-order valence-electron chi connectivity index (χ2n) is 20.2. The van der Waals surface area contributed by atoms with E-state index in [9.17, 15) is 0 Å². The third kappa shape index (κ3) is 7.66. The minimum atomic E-state index is -1.95. The fourth-order valence-corrected chi connectivity index (χ4v) is 12.6. The number of benzene rings is 11. The lowest BCUT2D eigenvalue weighted by Crippen LogP contribution is -2.32. The lowest BCUT2D eigenvalue weighted by molar-refractivity contribution is 0.416. The van der Waals surface area contributed by atoms with Crippen molar-refractivity contribution in [2.75, 3.05) is 4.90 Å². The van der Waals surface area contributed by atoms with Gasteiger partial charge in [0.25, 0.3) is 0 Å². The third-order valence-corrected chi connectivity index (χ3v) is 16.1. The Morgan fingerprint density at radius 1 is 0.296 bits per heavy atom. The summed E-state index contributed by atoms with van der Waals surface area (Å²) < 4.78 is 130. The minimum absolute atomic E-state index is 0.326. The molecule has 2 aliphatic carbocycles. The van der Waals surface area contributed by atoms with E-state index >= 15 is 35.1 Å². The van der Waals surface area contributed by atoms with Gasteiger partial charge in [0.15, 0.2) is 34.9 Å². The quantitative estimate of drug-likeness (QED) is 0.0709. The molecule has 0 heterocycles. The summed E-state index contributed by atoms with van der Waals surface area (Å²) >= 11 is 0. The van der Waals surface area contributed by atoms with Crippen LogP contribution in [-0.2, 0) is 10.8 Å². The highest BCUT2D eigenvalue weighted by atomic mass is 19.2. The summed E-state index contributed by atoms with van der Waals surface area (Å²) in [6.45, 7) is 7.79. The van der Waals surface area contributed by atoms with Crippen LogP contribution in [0.3, 0.4) is 0 Å². The zero-order chi connectivity index (χ0) is 55.9. The molecule has 13 rings (SSSR count). The molecule has 0 aliphatic heterocycles. The van der Waals surface area contributed by atoms with Crippen LogP contribution < -0.4 is 4.90 Å². The average Bonchev–Trinajstić information content (AvgIpc) is 3.19. The molecule has 2 unspecified atom stereocenters. The number of fused-ring (bicyclic) bond motifs is 6. The number of hydrogen-bond acceptors (Lipinski definition) is 1. The monoisotopic (exact) mass is 1070 g/mol. The lowest BCUT2D eigenvalue weighted by Gasteiger charge is -2.36. The maximum absolute atomic E-state index is 17.1. The Hall–Kier alpha value is -9.86. The zero-order valence-electron chi connectivity index (χ0n) is 42.9. The Morgan fingerprint density at radius 2 is 0.679 bits per heavy atom. The van der Waals surface area contributed by atoms with Crippen LogP contribution in [0.25, 0.3) is 56.7 Å². The first-order valence-electron chi connectivity index (χ1n) is 26.1. The number of nitrogens with zero attached hydrogens (tertiary/aromatic N) is 1. The molecule has 0 saturated heterocycles. The topological polar surface area (TPSA) is 3.24 Å². The number of rotatable bonds is 11. The molecule has 0 amide bonds. The van der Waals surface area contributed by atoms with Crippen molar-refractivity contribution in [1.29, 1.82) is 0 Å². The fourth-order valence-electron chi connectivity index (χ4n) is 12.6. The van der Waals surface area contributed by atoms with Crippen molar-refractivity contribution in [3.63, 3.8) is 0 Å². The van der Waals surface area contributed by atoms with Crippen LogP contribution in [0.15, 0.2) is 238 Å². The molecule has 2 atom stereocenters.